The van der Waals surface area contributed by atoms with Gasteiger partial charge in [0.05, 0.1) is 8.81 Å². The van der Waals surface area contributed by atoms with E-state index >= 15 is 0 Å². The van der Waals surface area contributed by atoms with Gasteiger partial charge in [0.2, 0.25) is 0 Å². The molecule has 0 aromatic rings. The van der Waals surface area contributed by atoms with Crippen molar-refractivity contribution in [2.45, 2.75) is 24.4 Å². The highest BCUT2D eigenvalue weighted by molar-refractivity contribution is 7.32. The van der Waals surface area contributed by atoms with Crippen LogP contribution in [0.2, 0.25) is 0 Å². The Hall–Kier alpha value is -0.0300. The first kappa shape index (κ1) is 12.0. The van der Waals surface area contributed by atoms with Gasteiger partial charge < -0.3 is 4.89 Å². The minimum atomic E-state index is -5.52. The molecule has 0 saturated heterocycles. The van der Waals surface area contributed by atoms with E-state index in [2.05, 4.69) is 0 Å². The van der Waals surface area contributed by atoms with E-state index in [-0.39, 0.29) is 6.92 Å². The maximum absolute atomic E-state index is 12.1. The first-order chi connectivity index (χ1) is 5.06. The quantitative estimate of drug-likeness (QED) is 0.565. The summed E-state index contributed by atoms with van der Waals surface area (Å²) < 4.78 is 71.7. The van der Waals surface area contributed by atoms with Gasteiger partial charge in [-0.25, -0.2) is 0 Å². The third-order valence-electron chi connectivity index (χ3n) is 1.09. The molecule has 8 heteroatoms. The van der Waals surface area contributed by atoms with Crippen LogP contribution in [0.5, 0.6) is 0 Å². The summed E-state index contributed by atoms with van der Waals surface area (Å²) in [5, 5.41) is 0. The van der Waals surface area contributed by atoms with Crippen molar-refractivity contribution in [1.82, 2.24) is 0 Å². The minimum absolute atomic E-state index is 0.332. The molecular weight excluding hydrogens is 209 g/mol. The molecule has 0 spiro atoms. The standard InChI is InChI=1S/C4H5F6OP/c1-2(5,6)3(7,8)4(9,10)12-11/h11-12H,1H3. The number of rotatable bonds is 3. The molecule has 0 radical (unpaired) electrons. The van der Waals surface area contributed by atoms with Crippen LogP contribution < -0.4 is 0 Å². The van der Waals surface area contributed by atoms with Gasteiger partial charge in [0, 0.05) is 6.92 Å². The molecule has 0 saturated carbocycles. The van der Waals surface area contributed by atoms with Crippen LogP contribution in [0.4, 0.5) is 26.3 Å². The number of hydrogen-bond acceptors (Lipinski definition) is 1. The first-order valence-corrected chi connectivity index (χ1v) is 3.55. The van der Waals surface area contributed by atoms with Crippen molar-refractivity contribution in [3.05, 3.63) is 0 Å². The van der Waals surface area contributed by atoms with E-state index in [9.17, 15) is 26.3 Å². The summed E-state index contributed by atoms with van der Waals surface area (Å²) in [5.74, 6) is -10.4. The number of alkyl halides is 6. The molecule has 0 fully saturated rings. The molecule has 1 nitrogen and oxygen atoms in total. The molecule has 0 aliphatic heterocycles. The Morgan fingerprint density at radius 3 is 1.42 bits per heavy atom. The van der Waals surface area contributed by atoms with Crippen LogP contribution in [-0.2, 0) is 0 Å². The Morgan fingerprint density at radius 1 is 1.00 bits per heavy atom. The fourth-order valence-electron chi connectivity index (χ4n) is 0.346. The third-order valence-corrected chi connectivity index (χ3v) is 1.68. The van der Waals surface area contributed by atoms with Gasteiger partial charge in [-0.2, -0.15) is 26.3 Å². The van der Waals surface area contributed by atoms with Crippen molar-refractivity contribution < 1.29 is 31.2 Å². The van der Waals surface area contributed by atoms with Gasteiger partial charge in [0.25, 0.3) is 0 Å². The molecule has 0 heterocycles. The lowest BCUT2D eigenvalue weighted by atomic mass is 10.2. The lowest BCUT2D eigenvalue weighted by Crippen LogP contribution is -2.50. The predicted molar refractivity (Wildman–Crippen MR) is 31.0 cm³/mol. The van der Waals surface area contributed by atoms with Crippen LogP contribution in [0.15, 0.2) is 0 Å². The molecule has 1 atom stereocenters. The molecule has 0 amide bonds. The van der Waals surface area contributed by atoms with Crippen LogP contribution in [0, 0.1) is 0 Å². The van der Waals surface area contributed by atoms with E-state index in [0.717, 1.165) is 0 Å². The second-order valence-electron chi connectivity index (χ2n) is 2.15. The summed E-state index contributed by atoms with van der Waals surface area (Å²) in [6, 6.07) is 0. The summed E-state index contributed by atoms with van der Waals surface area (Å²) in [7, 11) is -2.55. The maximum atomic E-state index is 12.1. The zero-order valence-corrected chi connectivity index (χ0v) is 6.72. The van der Waals surface area contributed by atoms with Crippen LogP contribution in [-0.4, -0.2) is 22.4 Å². The molecule has 1 N–H and O–H groups in total. The first-order valence-electron chi connectivity index (χ1n) is 2.61. The molecule has 12 heavy (non-hydrogen) atoms. The van der Waals surface area contributed by atoms with E-state index in [1.54, 1.807) is 0 Å². The van der Waals surface area contributed by atoms with Crippen molar-refractivity contribution in [3.8, 4) is 0 Å². The van der Waals surface area contributed by atoms with E-state index < -0.39 is 26.3 Å². The molecule has 0 aromatic heterocycles. The highest BCUT2D eigenvalue weighted by atomic mass is 31.1. The number of halogens is 6. The summed E-state index contributed by atoms with van der Waals surface area (Å²) in [6.07, 6.45) is 0. The molecule has 0 aliphatic rings. The molecule has 1 unspecified atom stereocenters. The van der Waals surface area contributed by atoms with Gasteiger partial charge in [-0.15, -0.1) is 0 Å². The molecule has 0 bridgehead atoms. The summed E-state index contributed by atoms with van der Waals surface area (Å²) >= 11 is 0. The second kappa shape index (κ2) is 3.03. The molecule has 0 rings (SSSR count). The Bertz CT molecular complexity index is 163. The van der Waals surface area contributed by atoms with Crippen LogP contribution in [0.25, 0.3) is 0 Å². The monoisotopic (exact) mass is 214 g/mol. The molecule has 0 aromatic carbocycles. The Balaban J connectivity index is 4.85. The summed E-state index contributed by atoms with van der Waals surface area (Å²) in [5.41, 5.74) is -5.08. The van der Waals surface area contributed by atoms with Crippen LogP contribution in [0.3, 0.4) is 0 Å². The zero-order valence-electron chi connectivity index (χ0n) is 5.72. The van der Waals surface area contributed by atoms with Gasteiger partial charge in [-0.05, 0) is 0 Å². The average molecular weight is 214 g/mol. The van der Waals surface area contributed by atoms with E-state index in [1.807, 2.05) is 0 Å². The normalized spacial score (nSPS) is 16.0. The Kier molecular flexibility index (Phi) is 3.02. The zero-order chi connectivity index (χ0) is 10.2. The van der Waals surface area contributed by atoms with Crippen molar-refractivity contribution in [2.24, 2.45) is 0 Å². The lowest BCUT2D eigenvalue weighted by Gasteiger charge is -2.28. The lowest BCUT2D eigenvalue weighted by molar-refractivity contribution is -0.271. The fourth-order valence-corrected chi connectivity index (χ4v) is 0.706. The van der Waals surface area contributed by atoms with Crippen LogP contribution in [0.1, 0.15) is 6.92 Å². The number of hydrogen-bond donors (Lipinski definition) is 1. The van der Waals surface area contributed by atoms with E-state index in [4.69, 9.17) is 4.89 Å². The predicted octanol–water partition coefficient (Wildman–Crippen LogP) is 2.46. The smallest absolute Gasteiger partial charge is 0.371 e. The SMILES string of the molecule is CC(F)(F)C(F)(F)C(F)(F)PO. The van der Waals surface area contributed by atoms with Gasteiger partial charge in [0.15, 0.2) is 0 Å². The largest absolute Gasteiger partial charge is 0.377 e. The third kappa shape index (κ3) is 1.82. The molecular formula is C4H5F6OP. The highest BCUT2D eigenvalue weighted by Crippen LogP contribution is 2.52. The van der Waals surface area contributed by atoms with Crippen molar-refractivity contribution in [2.75, 3.05) is 0 Å². The van der Waals surface area contributed by atoms with Crippen molar-refractivity contribution in [3.63, 3.8) is 0 Å². The van der Waals surface area contributed by atoms with E-state index in [0.29, 0.717) is 0 Å². The molecule has 74 valence electrons. The maximum Gasteiger partial charge on any atom is 0.377 e. The minimum Gasteiger partial charge on any atom is -0.371 e. The fraction of sp³-hybridized carbons (Fsp3) is 1.00. The Morgan fingerprint density at radius 2 is 1.33 bits per heavy atom. The van der Waals surface area contributed by atoms with Gasteiger partial charge in [0.1, 0.15) is 0 Å². The molecule has 0 aliphatic carbocycles. The van der Waals surface area contributed by atoms with Crippen molar-refractivity contribution in [1.29, 1.82) is 0 Å². The second-order valence-corrected chi connectivity index (χ2v) is 3.00. The van der Waals surface area contributed by atoms with E-state index in [1.165, 1.54) is 0 Å². The summed E-state index contributed by atoms with van der Waals surface area (Å²) in [6.45, 7) is -0.332. The van der Waals surface area contributed by atoms with Crippen LogP contribution >= 0.6 is 8.81 Å². The Labute approximate surface area is 65.6 Å². The van der Waals surface area contributed by atoms with Gasteiger partial charge in [-0.1, -0.05) is 0 Å². The van der Waals surface area contributed by atoms with Crippen molar-refractivity contribution >= 4 is 8.81 Å². The van der Waals surface area contributed by atoms with Gasteiger partial charge in [-0.3, -0.25) is 0 Å². The highest BCUT2D eigenvalue weighted by Gasteiger charge is 2.69. The average Bonchev–Trinajstić information content (AvgIpc) is 1.85. The topological polar surface area (TPSA) is 20.2 Å². The summed E-state index contributed by atoms with van der Waals surface area (Å²) in [4.78, 5) is 7.76. The van der Waals surface area contributed by atoms with Gasteiger partial charge >= 0.3 is 17.5 Å².